The van der Waals surface area contributed by atoms with E-state index in [0.717, 1.165) is 6.42 Å². The highest BCUT2D eigenvalue weighted by molar-refractivity contribution is 4.81. The Balaban J connectivity index is 3.21. The van der Waals surface area contributed by atoms with Gasteiger partial charge in [-0.3, -0.25) is 0 Å². The Bertz CT molecular complexity index is 274. The monoisotopic (exact) mass is 338 g/mol. The van der Waals surface area contributed by atoms with E-state index in [4.69, 9.17) is 0 Å². The van der Waals surface area contributed by atoms with Gasteiger partial charge in [0, 0.05) is 0 Å². The van der Waals surface area contributed by atoms with Crippen LogP contribution >= 0.6 is 0 Å². The lowest BCUT2D eigenvalue weighted by Gasteiger charge is -2.25. The van der Waals surface area contributed by atoms with Crippen molar-refractivity contribution in [1.82, 2.24) is 0 Å². The summed E-state index contributed by atoms with van der Waals surface area (Å²) in [5, 5.41) is 9.99. The molecule has 1 unspecified atom stereocenters. The van der Waals surface area contributed by atoms with E-state index < -0.39 is 0 Å². The summed E-state index contributed by atoms with van der Waals surface area (Å²) in [6.45, 7) is 8.65. The van der Waals surface area contributed by atoms with E-state index in [-0.39, 0.29) is 11.5 Å². The van der Waals surface area contributed by atoms with Crippen molar-refractivity contribution in [2.45, 2.75) is 130 Å². The molecule has 1 N–H and O–H groups in total. The average Bonchev–Trinajstić information content (AvgIpc) is 2.53. The van der Waals surface area contributed by atoms with Gasteiger partial charge in [-0.15, -0.1) is 0 Å². The maximum Gasteiger partial charge on any atom is 0.0588 e. The van der Waals surface area contributed by atoms with Crippen molar-refractivity contribution in [3.63, 3.8) is 0 Å². The first-order valence-electron chi connectivity index (χ1n) is 10.8. The smallest absolute Gasteiger partial charge is 0.0588 e. The molecule has 24 heavy (non-hydrogen) atoms. The summed E-state index contributed by atoms with van der Waals surface area (Å²) in [6, 6.07) is 0. The van der Waals surface area contributed by atoms with Gasteiger partial charge in [-0.1, -0.05) is 104 Å². The van der Waals surface area contributed by atoms with Gasteiger partial charge in [-0.25, -0.2) is 0 Å². The minimum absolute atomic E-state index is 0.0435. The number of aliphatic hydroxyl groups is 1. The van der Waals surface area contributed by atoms with Crippen molar-refractivity contribution in [2.24, 2.45) is 5.41 Å². The first kappa shape index (κ1) is 23.7. The lowest BCUT2D eigenvalue weighted by atomic mass is 9.86. The predicted molar refractivity (Wildman–Crippen MR) is 110 cm³/mol. The molecule has 0 aromatic carbocycles. The topological polar surface area (TPSA) is 20.2 Å². The third-order valence-corrected chi connectivity index (χ3v) is 4.99. The highest BCUT2D eigenvalue weighted by Crippen LogP contribution is 2.23. The minimum atomic E-state index is -0.144. The molecule has 0 aromatic rings. The molecular formula is C23H46O. The van der Waals surface area contributed by atoms with Crippen LogP contribution in [0.4, 0.5) is 0 Å². The zero-order chi connectivity index (χ0) is 18.1. The van der Waals surface area contributed by atoms with Crippen molar-refractivity contribution >= 4 is 0 Å². The first-order valence-corrected chi connectivity index (χ1v) is 10.8. The van der Waals surface area contributed by atoms with Crippen LogP contribution in [0.1, 0.15) is 124 Å². The number of hydrogen-bond donors (Lipinski definition) is 1. The highest BCUT2D eigenvalue weighted by atomic mass is 16.3. The highest BCUT2D eigenvalue weighted by Gasteiger charge is 2.20. The molecule has 0 spiro atoms. The molecule has 0 heterocycles. The van der Waals surface area contributed by atoms with E-state index in [2.05, 4.69) is 39.8 Å². The van der Waals surface area contributed by atoms with Gasteiger partial charge in [0.2, 0.25) is 0 Å². The standard InChI is InChI=1S/C23H46O/c1-5-6-7-8-9-10-11-12-13-14-15-16-17-18-19-20-21-22(24)23(2,3)4/h12-13,22,24H,5-11,14-21H2,1-4H3/b13-12-. The van der Waals surface area contributed by atoms with Crippen molar-refractivity contribution in [3.8, 4) is 0 Å². The Kier molecular flexibility index (Phi) is 16.0. The quantitative estimate of drug-likeness (QED) is 0.224. The molecule has 144 valence electrons. The summed E-state index contributed by atoms with van der Waals surface area (Å²) in [6.07, 6.45) is 24.4. The van der Waals surface area contributed by atoms with Gasteiger partial charge in [-0.2, -0.15) is 0 Å². The summed E-state index contributed by atoms with van der Waals surface area (Å²) in [5.41, 5.74) is 0.0435. The van der Waals surface area contributed by atoms with Gasteiger partial charge in [0.1, 0.15) is 0 Å². The van der Waals surface area contributed by atoms with E-state index in [0.29, 0.717) is 0 Å². The van der Waals surface area contributed by atoms with Crippen LogP contribution in [0.5, 0.6) is 0 Å². The van der Waals surface area contributed by atoms with E-state index in [1.54, 1.807) is 0 Å². The predicted octanol–water partition coefficient (Wildman–Crippen LogP) is 7.82. The Morgan fingerprint density at radius 3 is 1.54 bits per heavy atom. The Labute approximate surface area is 153 Å². The molecule has 0 aliphatic carbocycles. The molecule has 0 aliphatic rings. The number of allylic oxidation sites excluding steroid dienone is 2. The fourth-order valence-corrected chi connectivity index (χ4v) is 3.02. The van der Waals surface area contributed by atoms with Gasteiger partial charge >= 0.3 is 0 Å². The van der Waals surface area contributed by atoms with Crippen molar-refractivity contribution < 1.29 is 5.11 Å². The van der Waals surface area contributed by atoms with Gasteiger partial charge in [-0.05, 0) is 37.5 Å². The molecule has 0 aromatic heterocycles. The number of aliphatic hydroxyl groups excluding tert-OH is 1. The van der Waals surface area contributed by atoms with E-state index >= 15 is 0 Å². The Morgan fingerprint density at radius 1 is 0.667 bits per heavy atom. The molecule has 0 bridgehead atoms. The van der Waals surface area contributed by atoms with Crippen LogP contribution in [0.2, 0.25) is 0 Å². The van der Waals surface area contributed by atoms with Crippen LogP contribution in [-0.2, 0) is 0 Å². The van der Waals surface area contributed by atoms with Crippen LogP contribution in [0.25, 0.3) is 0 Å². The van der Waals surface area contributed by atoms with Crippen LogP contribution in [-0.4, -0.2) is 11.2 Å². The number of hydrogen-bond acceptors (Lipinski definition) is 1. The Hall–Kier alpha value is -0.300. The van der Waals surface area contributed by atoms with Crippen LogP contribution in [0.3, 0.4) is 0 Å². The molecule has 0 saturated carbocycles. The minimum Gasteiger partial charge on any atom is -0.393 e. The zero-order valence-electron chi connectivity index (χ0n) is 17.3. The fourth-order valence-electron chi connectivity index (χ4n) is 3.02. The van der Waals surface area contributed by atoms with Crippen LogP contribution in [0.15, 0.2) is 12.2 Å². The molecule has 0 aliphatic heterocycles. The normalized spacial score (nSPS) is 13.7. The largest absolute Gasteiger partial charge is 0.393 e. The SMILES string of the molecule is CCCCCCCC/C=C\CCCCCCCCC(O)C(C)(C)C. The van der Waals surface area contributed by atoms with Gasteiger partial charge in [0.05, 0.1) is 6.10 Å². The third-order valence-electron chi connectivity index (χ3n) is 4.99. The van der Waals surface area contributed by atoms with Crippen LogP contribution < -0.4 is 0 Å². The third kappa shape index (κ3) is 16.6. The van der Waals surface area contributed by atoms with Crippen LogP contribution in [0, 0.1) is 5.41 Å². The van der Waals surface area contributed by atoms with Crippen molar-refractivity contribution in [3.05, 3.63) is 12.2 Å². The zero-order valence-corrected chi connectivity index (χ0v) is 17.3. The molecule has 0 radical (unpaired) electrons. The molecule has 0 saturated heterocycles. The second-order valence-corrected chi connectivity index (χ2v) is 8.61. The maximum absolute atomic E-state index is 9.99. The molecule has 1 atom stereocenters. The van der Waals surface area contributed by atoms with Gasteiger partial charge in [0.15, 0.2) is 0 Å². The molecular weight excluding hydrogens is 292 g/mol. The molecule has 0 rings (SSSR count). The van der Waals surface area contributed by atoms with E-state index in [9.17, 15) is 5.11 Å². The molecule has 0 amide bonds. The lowest BCUT2D eigenvalue weighted by Crippen LogP contribution is -2.25. The molecule has 1 heteroatoms. The summed E-state index contributed by atoms with van der Waals surface area (Å²) in [7, 11) is 0. The summed E-state index contributed by atoms with van der Waals surface area (Å²) in [4.78, 5) is 0. The Morgan fingerprint density at radius 2 is 1.08 bits per heavy atom. The van der Waals surface area contributed by atoms with Gasteiger partial charge < -0.3 is 5.11 Å². The van der Waals surface area contributed by atoms with E-state index in [1.165, 1.54) is 89.9 Å². The van der Waals surface area contributed by atoms with E-state index in [1.807, 2.05) is 0 Å². The summed E-state index contributed by atoms with van der Waals surface area (Å²) in [5.74, 6) is 0. The fraction of sp³-hybridized carbons (Fsp3) is 0.913. The maximum atomic E-state index is 9.99. The first-order chi connectivity index (χ1) is 11.5. The average molecular weight is 339 g/mol. The second kappa shape index (κ2) is 16.2. The number of rotatable bonds is 16. The summed E-state index contributed by atoms with van der Waals surface area (Å²) < 4.78 is 0. The molecule has 0 fully saturated rings. The molecule has 1 nitrogen and oxygen atoms in total. The van der Waals surface area contributed by atoms with Crippen molar-refractivity contribution in [2.75, 3.05) is 0 Å². The van der Waals surface area contributed by atoms with Crippen molar-refractivity contribution in [1.29, 1.82) is 0 Å². The van der Waals surface area contributed by atoms with Gasteiger partial charge in [0.25, 0.3) is 0 Å². The lowest BCUT2D eigenvalue weighted by molar-refractivity contribution is 0.0533. The number of unbranched alkanes of at least 4 members (excludes halogenated alkanes) is 12. The second-order valence-electron chi connectivity index (χ2n) is 8.61. The summed E-state index contributed by atoms with van der Waals surface area (Å²) >= 11 is 0.